The molecule has 0 bridgehead atoms. The van der Waals surface area contributed by atoms with Gasteiger partial charge < -0.3 is 10.2 Å². The first-order valence-corrected chi connectivity index (χ1v) is 5.08. The lowest BCUT2D eigenvalue weighted by molar-refractivity contribution is 0.513. The molecule has 0 amide bonds. The van der Waals surface area contributed by atoms with E-state index in [9.17, 15) is 4.79 Å². The summed E-state index contributed by atoms with van der Waals surface area (Å²) in [5.41, 5.74) is 8.12. The summed E-state index contributed by atoms with van der Waals surface area (Å²) in [6.45, 7) is 3.16. The molecule has 0 spiro atoms. The Kier molecular flexibility index (Phi) is 2.60. The quantitative estimate of drug-likeness (QED) is 0.818. The van der Waals surface area contributed by atoms with E-state index in [1.807, 2.05) is 25.1 Å². The van der Waals surface area contributed by atoms with E-state index in [-0.39, 0.29) is 5.76 Å². The molecule has 4 heteroatoms. The summed E-state index contributed by atoms with van der Waals surface area (Å²) < 4.78 is 6.72. The van der Waals surface area contributed by atoms with Gasteiger partial charge in [0.05, 0.1) is 5.52 Å². The molecular weight excluding hydrogens is 192 g/mol. The van der Waals surface area contributed by atoms with Gasteiger partial charge in [-0.05, 0) is 37.6 Å². The molecule has 2 aromatic rings. The van der Waals surface area contributed by atoms with Crippen molar-refractivity contribution in [1.82, 2.24) is 4.57 Å². The lowest BCUT2D eigenvalue weighted by Crippen LogP contribution is -2.12. The minimum atomic E-state index is -0.294. The zero-order valence-corrected chi connectivity index (χ0v) is 8.69. The minimum Gasteiger partial charge on any atom is -0.408 e. The Morgan fingerprint density at radius 3 is 2.93 bits per heavy atom. The van der Waals surface area contributed by atoms with Gasteiger partial charge in [-0.3, -0.25) is 4.57 Å². The van der Waals surface area contributed by atoms with E-state index in [4.69, 9.17) is 10.2 Å². The summed E-state index contributed by atoms with van der Waals surface area (Å²) in [6, 6.07) is 5.74. The number of aromatic nitrogens is 1. The largest absolute Gasteiger partial charge is 0.419 e. The second kappa shape index (κ2) is 3.90. The molecule has 1 aromatic carbocycles. The minimum absolute atomic E-state index is 0.294. The van der Waals surface area contributed by atoms with Crippen LogP contribution in [0.3, 0.4) is 0 Å². The topological polar surface area (TPSA) is 61.2 Å². The van der Waals surface area contributed by atoms with Crippen molar-refractivity contribution in [3.05, 3.63) is 34.3 Å². The molecule has 80 valence electrons. The molecule has 0 atom stereocenters. The van der Waals surface area contributed by atoms with Crippen LogP contribution in [0.1, 0.15) is 12.5 Å². The van der Waals surface area contributed by atoms with E-state index in [1.54, 1.807) is 4.57 Å². The number of hydrogen-bond donors (Lipinski definition) is 1. The molecule has 2 rings (SSSR count). The lowest BCUT2D eigenvalue weighted by Gasteiger charge is -2.00. The molecule has 4 nitrogen and oxygen atoms in total. The van der Waals surface area contributed by atoms with Crippen molar-refractivity contribution in [2.24, 2.45) is 5.73 Å². The number of rotatable bonds is 3. The van der Waals surface area contributed by atoms with Crippen molar-refractivity contribution >= 4 is 11.1 Å². The van der Waals surface area contributed by atoms with Gasteiger partial charge in [0.25, 0.3) is 0 Å². The molecule has 15 heavy (non-hydrogen) atoms. The van der Waals surface area contributed by atoms with E-state index < -0.39 is 0 Å². The van der Waals surface area contributed by atoms with Crippen LogP contribution in [-0.4, -0.2) is 11.1 Å². The molecule has 0 aliphatic rings. The molecule has 1 aromatic heterocycles. The van der Waals surface area contributed by atoms with E-state index in [0.717, 1.165) is 17.5 Å². The van der Waals surface area contributed by atoms with Gasteiger partial charge in [-0.2, -0.15) is 0 Å². The van der Waals surface area contributed by atoms with E-state index in [1.165, 1.54) is 0 Å². The number of hydrogen-bond acceptors (Lipinski definition) is 3. The summed E-state index contributed by atoms with van der Waals surface area (Å²) in [6.07, 6.45) is 0.818. The van der Waals surface area contributed by atoms with Gasteiger partial charge in [-0.15, -0.1) is 0 Å². The van der Waals surface area contributed by atoms with E-state index in [0.29, 0.717) is 18.7 Å². The molecule has 0 fully saturated rings. The molecule has 0 aliphatic carbocycles. The van der Waals surface area contributed by atoms with Gasteiger partial charge >= 0.3 is 5.76 Å². The van der Waals surface area contributed by atoms with Crippen LogP contribution in [0.5, 0.6) is 0 Å². The Labute approximate surface area is 87.3 Å². The fourth-order valence-corrected chi connectivity index (χ4v) is 1.73. The first-order chi connectivity index (χ1) is 7.26. The third-order valence-electron chi connectivity index (χ3n) is 2.48. The highest BCUT2D eigenvalue weighted by Gasteiger charge is 2.07. The fourth-order valence-electron chi connectivity index (χ4n) is 1.73. The Balaban J connectivity index is 2.62. The molecular formula is C11H14N2O2. The van der Waals surface area contributed by atoms with Gasteiger partial charge in [-0.25, -0.2) is 4.79 Å². The maximum absolute atomic E-state index is 11.4. The Bertz CT molecular complexity index is 525. The van der Waals surface area contributed by atoms with E-state index in [2.05, 4.69) is 0 Å². The lowest BCUT2D eigenvalue weighted by atomic mass is 10.1. The molecule has 0 radical (unpaired) electrons. The highest BCUT2D eigenvalue weighted by Crippen LogP contribution is 2.15. The molecule has 0 aliphatic heterocycles. The predicted octanol–water partition coefficient (Wildman–Crippen LogP) is 1.12. The van der Waals surface area contributed by atoms with Gasteiger partial charge in [0.2, 0.25) is 0 Å². The van der Waals surface area contributed by atoms with Crippen LogP contribution < -0.4 is 11.5 Å². The Morgan fingerprint density at radius 1 is 1.47 bits per heavy atom. The standard InChI is InChI=1S/C11H14N2O2/c1-2-13-9-7-8(5-6-12)3-4-10(9)15-11(13)14/h3-4,7H,2,5-6,12H2,1H3. The number of nitrogens with two attached hydrogens (primary N) is 1. The number of fused-ring (bicyclic) bond motifs is 1. The van der Waals surface area contributed by atoms with E-state index >= 15 is 0 Å². The summed E-state index contributed by atoms with van der Waals surface area (Å²) in [7, 11) is 0. The third-order valence-corrected chi connectivity index (χ3v) is 2.48. The van der Waals surface area contributed by atoms with Crippen LogP contribution in [0.25, 0.3) is 11.1 Å². The maximum Gasteiger partial charge on any atom is 0.419 e. The predicted molar refractivity (Wildman–Crippen MR) is 58.9 cm³/mol. The van der Waals surface area contributed by atoms with Crippen molar-refractivity contribution < 1.29 is 4.42 Å². The third kappa shape index (κ3) is 1.68. The van der Waals surface area contributed by atoms with Crippen molar-refractivity contribution in [1.29, 1.82) is 0 Å². The van der Waals surface area contributed by atoms with Gasteiger partial charge in [0, 0.05) is 6.54 Å². The number of aryl methyl sites for hydroxylation is 1. The average Bonchev–Trinajstić information content (AvgIpc) is 2.53. The van der Waals surface area contributed by atoms with Crippen molar-refractivity contribution in [2.75, 3.05) is 6.54 Å². The first-order valence-electron chi connectivity index (χ1n) is 5.08. The van der Waals surface area contributed by atoms with Gasteiger partial charge in [-0.1, -0.05) is 6.07 Å². The molecule has 1 heterocycles. The number of oxazole rings is 1. The van der Waals surface area contributed by atoms with Crippen LogP contribution in [-0.2, 0) is 13.0 Å². The zero-order chi connectivity index (χ0) is 10.8. The molecule has 0 saturated carbocycles. The zero-order valence-electron chi connectivity index (χ0n) is 8.69. The normalized spacial score (nSPS) is 11.1. The Hall–Kier alpha value is -1.55. The van der Waals surface area contributed by atoms with Gasteiger partial charge in [0.1, 0.15) is 0 Å². The SMILES string of the molecule is CCn1c(=O)oc2ccc(CCN)cc21. The average molecular weight is 206 g/mol. The molecule has 0 saturated heterocycles. The molecule has 0 unspecified atom stereocenters. The second-order valence-electron chi connectivity index (χ2n) is 3.45. The Morgan fingerprint density at radius 2 is 2.27 bits per heavy atom. The summed E-state index contributed by atoms with van der Waals surface area (Å²) in [5.74, 6) is -0.294. The number of benzene rings is 1. The fraction of sp³-hybridized carbons (Fsp3) is 0.364. The highest BCUT2D eigenvalue weighted by atomic mass is 16.4. The second-order valence-corrected chi connectivity index (χ2v) is 3.45. The van der Waals surface area contributed by atoms with Crippen LogP contribution in [0.2, 0.25) is 0 Å². The van der Waals surface area contributed by atoms with Crippen LogP contribution in [0.4, 0.5) is 0 Å². The van der Waals surface area contributed by atoms with Gasteiger partial charge in [0.15, 0.2) is 5.58 Å². The first kappa shape index (κ1) is 9.98. The van der Waals surface area contributed by atoms with Crippen molar-refractivity contribution in [2.45, 2.75) is 19.9 Å². The summed E-state index contributed by atoms with van der Waals surface area (Å²) in [4.78, 5) is 11.4. The monoisotopic (exact) mass is 206 g/mol. The molecule has 2 N–H and O–H groups in total. The highest BCUT2D eigenvalue weighted by molar-refractivity contribution is 5.73. The summed E-state index contributed by atoms with van der Waals surface area (Å²) >= 11 is 0. The van der Waals surface area contributed by atoms with Crippen molar-refractivity contribution in [3.63, 3.8) is 0 Å². The van der Waals surface area contributed by atoms with Crippen molar-refractivity contribution in [3.8, 4) is 0 Å². The smallest absolute Gasteiger partial charge is 0.408 e. The summed E-state index contributed by atoms with van der Waals surface area (Å²) in [5, 5.41) is 0. The van der Waals surface area contributed by atoms with Crippen LogP contribution in [0, 0.1) is 0 Å². The maximum atomic E-state index is 11.4. The van der Waals surface area contributed by atoms with Crippen LogP contribution in [0.15, 0.2) is 27.4 Å². The number of nitrogens with zero attached hydrogens (tertiary/aromatic N) is 1. The van der Waals surface area contributed by atoms with Crippen LogP contribution >= 0.6 is 0 Å².